The summed E-state index contributed by atoms with van der Waals surface area (Å²) in [5.41, 5.74) is -0.776. The first-order valence-electron chi connectivity index (χ1n) is 10.7. The standard InChI is InChI=1S/C25H36NO3/c1-4-5-6-7-14-19-26(2,3)20-21-29-24(27)25(28,22-15-10-8-11-16-22)23-17-12-9-13-18-23/h8-13,15-18,28H,4-7,14,19-21H2,1-3H3/q+1. The van der Waals surface area contributed by atoms with Crippen LogP contribution in [0, 0.1) is 0 Å². The van der Waals surface area contributed by atoms with E-state index in [2.05, 4.69) is 21.0 Å². The average Bonchev–Trinajstić information content (AvgIpc) is 2.74. The second kappa shape index (κ2) is 11.1. The third kappa shape index (κ3) is 6.69. The van der Waals surface area contributed by atoms with Crippen LogP contribution in [0.3, 0.4) is 0 Å². The average molecular weight is 399 g/mol. The molecule has 2 aromatic rings. The zero-order chi connectivity index (χ0) is 21.2. The van der Waals surface area contributed by atoms with Gasteiger partial charge >= 0.3 is 5.97 Å². The molecule has 1 N–H and O–H groups in total. The number of esters is 1. The molecule has 0 fully saturated rings. The molecule has 0 bridgehead atoms. The summed E-state index contributed by atoms with van der Waals surface area (Å²) in [6, 6.07) is 18.0. The fourth-order valence-corrected chi connectivity index (χ4v) is 3.51. The lowest BCUT2D eigenvalue weighted by atomic mass is 9.86. The third-order valence-electron chi connectivity index (χ3n) is 5.48. The highest BCUT2D eigenvalue weighted by Gasteiger charge is 2.41. The molecule has 0 heterocycles. The van der Waals surface area contributed by atoms with Crippen LogP contribution in [-0.2, 0) is 15.1 Å². The van der Waals surface area contributed by atoms with Gasteiger partial charge in [0.1, 0.15) is 13.2 Å². The van der Waals surface area contributed by atoms with Gasteiger partial charge in [0, 0.05) is 0 Å². The second-order valence-corrected chi connectivity index (χ2v) is 8.38. The Morgan fingerprint density at radius 1 is 0.862 bits per heavy atom. The van der Waals surface area contributed by atoms with Gasteiger partial charge in [-0.2, -0.15) is 0 Å². The number of hydrogen-bond acceptors (Lipinski definition) is 3. The van der Waals surface area contributed by atoms with Crippen LogP contribution in [0.1, 0.15) is 50.2 Å². The smallest absolute Gasteiger partial charge is 0.347 e. The lowest BCUT2D eigenvalue weighted by Crippen LogP contribution is -2.45. The molecule has 0 amide bonds. The second-order valence-electron chi connectivity index (χ2n) is 8.38. The maximum absolute atomic E-state index is 13.0. The number of aliphatic hydroxyl groups is 1. The number of rotatable bonds is 12. The molecule has 158 valence electrons. The predicted octanol–water partition coefficient (Wildman–Crippen LogP) is 4.51. The normalized spacial score (nSPS) is 12.0. The van der Waals surface area contributed by atoms with Gasteiger partial charge in [-0.15, -0.1) is 0 Å². The van der Waals surface area contributed by atoms with Crippen molar-refractivity contribution in [1.82, 2.24) is 0 Å². The van der Waals surface area contributed by atoms with Crippen LogP contribution in [0.2, 0.25) is 0 Å². The third-order valence-corrected chi connectivity index (χ3v) is 5.48. The highest BCUT2D eigenvalue weighted by atomic mass is 16.5. The molecule has 0 aromatic heterocycles. The number of quaternary nitrogens is 1. The Morgan fingerprint density at radius 3 is 1.90 bits per heavy atom. The van der Waals surface area contributed by atoms with Crippen molar-refractivity contribution >= 4 is 5.97 Å². The Labute approximate surface area is 175 Å². The van der Waals surface area contributed by atoms with Gasteiger partial charge in [-0.05, 0) is 24.0 Å². The Hall–Kier alpha value is -2.17. The van der Waals surface area contributed by atoms with Crippen molar-refractivity contribution in [2.24, 2.45) is 0 Å². The van der Waals surface area contributed by atoms with E-state index in [0.717, 1.165) is 17.6 Å². The Morgan fingerprint density at radius 2 is 1.38 bits per heavy atom. The number of nitrogens with zero attached hydrogens (tertiary/aromatic N) is 1. The van der Waals surface area contributed by atoms with Crippen molar-refractivity contribution in [2.75, 3.05) is 33.8 Å². The number of likely N-dealkylation sites (N-methyl/N-ethyl adjacent to an activating group) is 1. The van der Waals surface area contributed by atoms with Crippen LogP contribution < -0.4 is 0 Å². The van der Waals surface area contributed by atoms with Crippen molar-refractivity contribution in [2.45, 2.75) is 44.6 Å². The number of hydrogen-bond donors (Lipinski definition) is 1. The fraction of sp³-hybridized carbons (Fsp3) is 0.480. The van der Waals surface area contributed by atoms with Crippen molar-refractivity contribution in [3.05, 3.63) is 71.8 Å². The predicted molar refractivity (Wildman–Crippen MR) is 117 cm³/mol. The van der Waals surface area contributed by atoms with Crippen LogP contribution in [0.5, 0.6) is 0 Å². The molecule has 0 aliphatic carbocycles. The fourth-order valence-electron chi connectivity index (χ4n) is 3.51. The molecule has 4 nitrogen and oxygen atoms in total. The lowest BCUT2D eigenvalue weighted by molar-refractivity contribution is -0.890. The quantitative estimate of drug-likeness (QED) is 0.325. The summed E-state index contributed by atoms with van der Waals surface area (Å²) in [6.07, 6.45) is 6.26. The van der Waals surface area contributed by atoms with E-state index in [0.29, 0.717) is 11.1 Å². The van der Waals surface area contributed by atoms with Crippen molar-refractivity contribution in [3.63, 3.8) is 0 Å². The summed E-state index contributed by atoms with van der Waals surface area (Å²) in [5.74, 6) is -0.627. The summed E-state index contributed by atoms with van der Waals surface area (Å²) >= 11 is 0. The van der Waals surface area contributed by atoms with E-state index in [1.165, 1.54) is 32.1 Å². The SMILES string of the molecule is CCCCCCC[N+](C)(C)CCOC(=O)C(O)(c1ccccc1)c1ccccc1. The first kappa shape index (κ1) is 23.1. The summed E-state index contributed by atoms with van der Waals surface area (Å²) < 4.78 is 6.39. The van der Waals surface area contributed by atoms with Gasteiger partial charge in [0.25, 0.3) is 0 Å². The number of ether oxygens (including phenoxy) is 1. The van der Waals surface area contributed by atoms with E-state index in [1.54, 1.807) is 24.3 Å². The number of carbonyl (C=O) groups excluding carboxylic acids is 1. The van der Waals surface area contributed by atoms with Crippen molar-refractivity contribution in [3.8, 4) is 0 Å². The molecular weight excluding hydrogens is 362 g/mol. The van der Waals surface area contributed by atoms with Crippen LogP contribution >= 0.6 is 0 Å². The van der Waals surface area contributed by atoms with Crippen molar-refractivity contribution in [1.29, 1.82) is 0 Å². The van der Waals surface area contributed by atoms with Gasteiger partial charge in [0.2, 0.25) is 5.60 Å². The van der Waals surface area contributed by atoms with E-state index in [-0.39, 0.29) is 6.61 Å². The van der Waals surface area contributed by atoms with Crippen LogP contribution in [0.15, 0.2) is 60.7 Å². The van der Waals surface area contributed by atoms with Gasteiger partial charge in [-0.25, -0.2) is 4.79 Å². The van der Waals surface area contributed by atoms with Gasteiger partial charge in [-0.1, -0.05) is 86.8 Å². The van der Waals surface area contributed by atoms with Gasteiger partial charge < -0.3 is 14.3 Å². The number of unbranched alkanes of at least 4 members (excludes halogenated alkanes) is 4. The van der Waals surface area contributed by atoms with Gasteiger partial charge in [0.15, 0.2) is 0 Å². The Balaban J connectivity index is 1.99. The zero-order valence-corrected chi connectivity index (χ0v) is 18.1. The zero-order valence-electron chi connectivity index (χ0n) is 18.1. The molecule has 0 radical (unpaired) electrons. The minimum absolute atomic E-state index is 0.281. The topological polar surface area (TPSA) is 46.5 Å². The highest BCUT2D eigenvalue weighted by molar-refractivity contribution is 5.85. The molecule has 29 heavy (non-hydrogen) atoms. The number of carbonyl (C=O) groups is 1. The van der Waals surface area contributed by atoms with E-state index in [1.807, 2.05) is 36.4 Å². The number of benzene rings is 2. The molecule has 0 saturated heterocycles. The van der Waals surface area contributed by atoms with Crippen LogP contribution in [0.4, 0.5) is 0 Å². The summed E-state index contributed by atoms with van der Waals surface area (Å²) in [7, 11) is 4.32. The Kier molecular flexibility index (Phi) is 8.87. The lowest BCUT2D eigenvalue weighted by Gasteiger charge is -2.31. The molecule has 0 spiro atoms. The molecule has 0 aliphatic heterocycles. The first-order valence-corrected chi connectivity index (χ1v) is 10.7. The molecule has 0 atom stereocenters. The summed E-state index contributed by atoms with van der Waals surface area (Å²) in [5, 5.41) is 11.4. The van der Waals surface area contributed by atoms with Crippen LogP contribution in [-0.4, -0.2) is 49.4 Å². The van der Waals surface area contributed by atoms with Crippen LogP contribution in [0.25, 0.3) is 0 Å². The minimum atomic E-state index is -1.81. The van der Waals surface area contributed by atoms with E-state index < -0.39 is 11.6 Å². The summed E-state index contributed by atoms with van der Waals surface area (Å²) in [6.45, 7) is 4.28. The van der Waals surface area contributed by atoms with E-state index >= 15 is 0 Å². The maximum atomic E-state index is 13.0. The molecule has 0 unspecified atom stereocenters. The molecular formula is C25H36NO3+. The molecule has 2 aromatic carbocycles. The van der Waals surface area contributed by atoms with E-state index in [9.17, 15) is 9.90 Å². The van der Waals surface area contributed by atoms with E-state index in [4.69, 9.17) is 4.74 Å². The van der Waals surface area contributed by atoms with Gasteiger partial charge in [0.05, 0.1) is 20.6 Å². The largest absolute Gasteiger partial charge is 0.457 e. The van der Waals surface area contributed by atoms with Crippen molar-refractivity contribution < 1.29 is 19.1 Å². The molecule has 4 heteroatoms. The molecule has 0 aliphatic rings. The monoisotopic (exact) mass is 398 g/mol. The molecule has 2 rings (SSSR count). The maximum Gasteiger partial charge on any atom is 0.347 e. The summed E-state index contributed by atoms with van der Waals surface area (Å²) in [4.78, 5) is 13.0. The Bertz CT molecular complexity index is 689. The minimum Gasteiger partial charge on any atom is -0.457 e. The van der Waals surface area contributed by atoms with Gasteiger partial charge in [-0.3, -0.25) is 0 Å². The molecule has 0 saturated carbocycles. The highest BCUT2D eigenvalue weighted by Crippen LogP contribution is 2.31. The first-order chi connectivity index (χ1) is 13.9.